The number of aromatic nitrogens is 1. The molecule has 1 amide bonds. The first kappa shape index (κ1) is 16.3. The molecule has 1 fully saturated rings. The van der Waals surface area contributed by atoms with Gasteiger partial charge in [-0.2, -0.15) is 0 Å². The van der Waals surface area contributed by atoms with Crippen molar-refractivity contribution in [2.45, 2.75) is 18.9 Å². The molecule has 1 aliphatic heterocycles. The highest BCUT2D eigenvalue weighted by atomic mass is 35.5. The van der Waals surface area contributed by atoms with Gasteiger partial charge in [0.2, 0.25) is 0 Å². The van der Waals surface area contributed by atoms with Crippen LogP contribution in [0.4, 0.5) is 0 Å². The van der Waals surface area contributed by atoms with Crippen molar-refractivity contribution in [3.05, 3.63) is 28.2 Å². The molecule has 114 valence electrons. The minimum atomic E-state index is -0.102. The van der Waals surface area contributed by atoms with Crippen LogP contribution in [0.5, 0.6) is 0 Å². The number of carbonyl (C=O) groups is 1. The van der Waals surface area contributed by atoms with E-state index in [1.807, 2.05) is 6.07 Å². The van der Waals surface area contributed by atoms with Crippen molar-refractivity contribution in [3.8, 4) is 10.6 Å². The molecule has 2 aromatic rings. The fourth-order valence-corrected chi connectivity index (χ4v) is 3.19. The van der Waals surface area contributed by atoms with E-state index in [0.29, 0.717) is 28.9 Å². The van der Waals surface area contributed by atoms with Crippen LogP contribution in [0.2, 0.25) is 4.34 Å². The van der Waals surface area contributed by atoms with Crippen molar-refractivity contribution in [1.82, 2.24) is 10.1 Å². The minimum absolute atomic E-state index is 0. The standard InChI is InChI=1S/C13H14ClN3O2S.ClH/c14-12-2-1-11(20-12)10-7-9(16-19-10)13(18)17-5-3-8(15)4-6-17;/h1-2,7-8H,3-6,15H2;1H. The Hall–Kier alpha value is -1.08. The zero-order valence-corrected chi connectivity index (χ0v) is 13.5. The second-order valence-electron chi connectivity index (χ2n) is 4.81. The summed E-state index contributed by atoms with van der Waals surface area (Å²) in [5.41, 5.74) is 6.17. The molecule has 1 aliphatic rings. The van der Waals surface area contributed by atoms with Crippen molar-refractivity contribution in [2.75, 3.05) is 13.1 Å². The smallest absolute Gasteiger partial charge is 0.276 e. The van der Waals surface area contributed by atoms with E-state index in [1.165, 1.54) is 11.3 Å². The molecule has 0 unspecified atom stereocenters. The Morgan fingerprint density at radius 1 is 1.43 bits per heavy atom. The molecule has 8 heteroatoms. The Bertz CT molecular complexity index is 620. The molecule has 0 aromatic carbocycles. The third-order valence-corrected chi connectivity index (χ3v) is 4.62. The zero-order valence-electron chi connectivity index (χ0n) is 11.1. The van der Waals surface area contributed by atoms with Gasteiger partial charge in [-0.15, -0.1) is 23.7 Å². The lowest BCUT2D eigenvalue weighted by atomic mass is 10.1. The van der Waals surface area contributed by atoms with Crippen LogP contribution < -0.4 is 5.73 Å². The van der Waals surface area contributed by atoms with Crippen LogP contribution in [0, 0.1) is 0 Å². The maximum Gasteiger partial charge on any atom is 0.276 e. The maximum absolute atomic E-state index is 12.3. The summed E-state index contributed by atoms with van der Waals surface area (Å²) in [6, 6.07) is 5.50. The Labute approximate surface area is 137 Å². The van der Waals surface area contributed by atoms with Gasteiger partial charge in [-0.3, -0.25) is 4.79 Å². The Balaban J connectivity index is 0.00000161. The molecule has 5 nitrogen and oxygen atoms in total. The second kappa shape index (κ2) is 6.79. The third-order valence-electron chi connectivity index (χ3n) is 3.37. The fraction of sp³-hybridized carbons (Fsp3) is 0.385. The first-order valence-electron chi connectivity index (χ1n) is 6.41. The normalized spacial score (nSPS) is 15.8. The van der Waals surface area contributed by atoms with E-state index in [-0.39, 0.29) is 24.4 Å². The number of halogens is 2. The summed E-state index contributed by atoms with van der Waals surface area (Å²) in [4.78, 5) is 14.9. The molecule has 21 heavy (non-hydrogen) atoms. The van der Waals surface area contributed by atoms with Crippen molar-refractivity contribution in [1.29, 1.82) is 0 Å². The number of amides is 1. The molecule has 3 heterocycles. The van der Waals surface area contributed by atoms with Crippen LogP contribution >= 0.6 is 35.3 Å². The van der Waals surface area contributed by atoms with Gasteiger partial charge in [-0.1, -0.05) is 16.8 Å². The molecule has 1 saturated heterocycles. The van der Waals surface area contributed by atoms with Crippen LogP contribution in [-0.4, -0.2) is 35.1 Å². The van der Waals surface area contributed by atoms with Gasteiger partial charge in [-0.25, -0.2) is 0 Å². The van der Waals surface area contributed by atoms with Crippen LogP contribution in [-0.2, 0) is 0 Å². The summed E-state index contributed by atoms with van der Waals surface area (Å²) >= 11 is 7.28. The van der Waals surface area contributed by atoms with E-state index in [2.05, 4.69) is 5.16 Å². The van der Waals surface area contributed by atoms with Crippen LogP contribution in [0.15, 0.2) is 22.7 Å². The molecule has 0 radical (unpaired) electrons. The number of nitrogens with zero attached hydrogens (tertiary/aromatic N) is 2. The number of hydrogen-bond acceptors (Lipinski definition) is 5. The number of rotatable bonds is 2. The summed E-state index contributed by atoms with van der Waals surface area (Å²) in [5.74, 6) is 0.466. The van der Waals surface area contributed by atoms with E-state index in [9.17, 15) is 4.79 Å². The van der Waals surface area contributed by atoms with Gasteiger partial charge in [0.1, 0.15) is 0 Å². The lowest BCUT2D eigenvalue weighted by Gasteiger charge is -2.29. The average Bonchev–Trinajstić information content (AvgIpc) is 3.07. The minimum Gasteiger partial charge on any atom is -0.355 e. The van der Waals surface area contributed by atoms with Crippen molar-refractivity contribution in [3.63, 3.8) is 0 Å². The fourth-order valence-electron chi connectivity index (χ4n) is 2.20. The first-order chi connectivity index (χ1) is 9.63. The van der Waals surface area contributed by atoms with Crippen molar-refractivity contribution in [2.24, 2.45) is 5.73 Å². The largest absolute Gasteiger partial charge is 0.355 e. The number of hydrogen-bond donors (Lipinski definition) is 1. The highest BCUT2D eigenvalue weighted by Gasteiger charge is 2.24. The highest BCUT2D eigenvalue weighted by molar-refractivity contribution is 7.19. The molecule has 2 aromatic heterocycles. The Kier molecular flexibility index (Phi) is 5.27. The monoisotopic (exact) mass is 347 g/mol. The van der Waals surface area contributed by atoms with Gasteiger partial charge in [0.25, 0.3) is 5.91 Å². The lowest BCUT2D eigenvalue weighted by Crippen LogP contribution is -2.42. The topological polar surface area (TPSA) is 72.4 Å². The predicted octanol–water partition coefficient (Wildman–Crippen LogP) is 3.04. The number of nitrogens with two attached hydrogens (primary N) is 1. The van der Waals surface area contributed by atoms with Gasteiger partial charge >= 0.3 is 0 Å². The summed E-state index contributed by atoms with van der Waals surface area (Å²) in [6.07, 6.45) is 1.66. The predicted molar refractivity (Wildman–Crippen MR) is 85.2 cm³/mol. The van der Waals surface area contributed by atoms with Gasteiger partial charge in [0.05, 0.1) is 9.21 Å². The molecule has 0 bridgehead atoms. The van der Waals surface area contributed by atoms with E-state index in [0.717, 1.165) is 17.7 Å². The van der Waals surface area contributed by atoms with Gasteiger partial charge in [0, 0.05) is 25.2 Å². The van der Waals surface area contributed by atoms with Crippen molar-refractivity contribution >= 4 is 41.3 Å². The summed E-state index contributed by atoms with van der Waals surface area (Å²) in [6.45, 7) is 1.35. The molecular weight excluding hydrogens is 333 g/mol. The molecular formula is C13H15Cl2N3O2S. The number of carbonyl (C=O) groups excluding carboxylic acids is 1. The molecule has 0 aliphatic carbocycles. The Morgan fingerprint density at radius 3 is 2.76 bits per heavy atom. The second-order valence-corrected chi connectivity index (χ2v) is 6.52. The molecule has 3 rings (SSSR count). The quantitative estimate of drug-likeness (QED) is 0.905. The molecule has 2 N–H and O–H groups in total. The average molecular weight is 348 g/mol. The third kappa shape index (κ3) is 3.58. The maximum atomic E-state index is 12.3. The van der Waals surface area contributed by atoms with Gasteiger partial charge in [-0.05, 0) is 25.0 Å². The van der Waals surface area contributed by atoms with E-state index in [4.69, 9.17) is 21.9 Å². The first-order valence-corrected chi connectivity index (χ1v) is 7.60. The molecule has 0 spiro atoms. The summed E-state index contributed by atoms with van der Waals surface area (Å²) in [7, 11) is 0. The molecule has 0 atom stereocenters. The van der Waals surface area contributed by atoms with E-state index >= 15 is 0 Å². The van der Waals surface area contributed by atoms with Gasteiger partial charge < -0.3 is 15.2 Å². The van der Waals surface area contributed by atoms with Crippen LogP contribution in [0.1, 0.15) is 23.3 Å². The lowest BCUT2D eigenvalue weighted by molar-refractivity contribution is 0.0704. The summed E-state index contributed by atoms with van der Waals surface area (Å²) in [5, 5.41) is 3.86. The zero-order chi connectivity index (χ0) is 14.1. The van der Waals surface area contributed by atoms with Gasteiger partial charge in [0.15, 0.2) is 11.5 Å². The van der Waals surface area contributed by atoms with Crippen LogP contribution in [0.25, 0.3) is 10.6 Å². The Morgan fingerprint density at radius 2 is 2.14 bits per heavy atom. The number of likely N-dealkylation sites (tertiary alicyclic amines) is 1. The SMILES string of the molecule is Cl.NC1CCN(C(=O)c2cc(-c3ccc(Cl)s3)on2)CC1. The van der Waals surface area contributed by atoms with Crippen molar-refractivity contribution < 1.29 is 9.32 Å². The molecule has 0 saturated carbocycles. The summed E-state index contributed by atoms with van der Waals surface area (Å²) < 4.78 is 5.90. The van der Waals surface area contributed by atoms with E-state index < -0.39 is 0 Å². The number of piperidine rings is 1. The highest BCUT2D eigenvalue weighted by Crippen LogP contribution is 2.31. The number of thiophene rings is 1. The van der Waals surface area contributed by atoms with Crippen LogP contribution in [0.3, 0.4) is 0 Å². The van der Waals surface area contributed by atoms with E-state index in [1.54, 1.807) is 17.0 Å².